The highest BCUT2D eigenvalue weighted by molar-refractivity contribution is 5.95. The molecule has 21 heavy (non-hydrogen) atoms. The summed E-state index contributed by atoms with van der Waals surface area (Å²) < 4.78 is 5.35. The predicted octanol–water partition coefficient (Wildman–Crippen LogP) is 1.11. The van der Waals surface area contributed by atoms with E-state index < -0.39 is 6.04 Å². The number of hydrogen-bond acceptors (Lipinski definition) is 3. The molecule has 1 aromatic carbocycles. The Morgan fingerprint density at radius 2 is 2.05 bits per heavy atom. The number of carbonyl (C=O) groups is 2. The molecule has 112 valence electrons. The van der Waals surface area contributed by atoms with E-state index in [1.807, 2.05) is 30.3 Å². The summed E-state index contributed by atoms with van der Waals surface area (Å²) in [7, 11) is 0. The van der Waals surface area contributed by atoms with Gasteiger partial charge < -0.3 is 15.0 Å². The molecule has 0 aromatic heterocycles. The Morgan fingerprint density at radius 3 is 2.76 bits per heavy atom. The van der Waals surface area contributed by atoms with Gasteiger partial charge in [0, 0.05) is 19.8 Å². The molecule has 2 atom stereocenters. The maximum absolute atomic E-state index is 12.6. The summed E-state index contributed by atoms with van der Waals surface area (Å²) >= 11 is 0. The Morgan fingerprint density at radius 1 is 1.24 bits per heavy atom. The van der Waals surface area contributed by atoms with Crippen molar-refractivity contribution in [3.05, 3.63) is 35.9 Å². The van der Waals surface area contributed by atoms with Gasteiger partial charge in [-0.2, -0.15) is 0 Å². The predicted molar refractivity (Wildman–Crippen MR) is 77.4 cm³/mol. The summed E-state index contributed by atoms with van der Waals surface area (Å²) in [5, 5.41) is 2.79. The van der Waals surface area contributed by atoms with Gasteiger partial charge in [-0.1, -0.05) is 30.3 Å². The molecule has 1 N–H and O–H groups in total. The quantitative estimate of drug-likeness (QED) is 0.903. The van der Waals surface area contributed by atoms with E-state index in [9.17, 15) is 9.59 Å². The minimum Gasteiger partial charge on any atom is -0.381 e. The summed E-state index contributed by atoms with van der Waals surface area (Å²) in [6, 6.07) is 8.85. The molecule has 5 nitrogen and oxygen atoms in total. The molecule has 2 saturated heterocycles. The highest BCUT2D eigenvalue weighted by atomic mass is 16.5. The third kappa shape index (κ3) is 3.24. The lowest BCUT2D eigenvalue weighted by Crippen LogP contribution is -2.53. The molecule has 2 amide bonds. The van der Waals surface area contributed by atoms with Crippen LogP contribution in [0, 0.1) is 5.92 Å². The summed E-state index contributed by atoms with van der Waals surface area (Å²) in [5.74, 6) is 0.406. The molecule has 0 spiro atoms. The SMILES string of the molecule is O=C1CN(CCC2CCOC2)C(=O)C(c2ccccc2)N1. The number of nitrogens with one attached hydrogen (secondary N) is 1. The third-order valence-corrected chi connectivity index (χ3v) is 4.16. The minimum absolute atomic E-state index is 0.0142. The van der Waals surface area contributed by atoms with Crippen molar-refractivity contribution in [3.8, 4) is 0 Å². The van der Waals surface area contributed by atoms with Gasteiger partial charge in [-0.05, 0) is 24.3 Å². The van der Waals surface area contributed by atoms with Gasteiger partial charge in [-0.25, -0.2) is 0 Å². The summed E-state index contributed by atoms with van der Waals surface area (Å²) in [6.07, 6.45) is 1.96. The molecule has 5 heteroatoms. The van der Waals surface area contributed by atoms with Gasteiger partial charge in [0.1, 0.15) is 6.04 Å². The van der Waals surface area contributed by atoms with Crippen LogP contribution in [0.4, 0.5) is 0 Å². The number of piperazine rings is 1. The number of nitrogens with zero attached hydrogens (tertiary/aromatic N) is 1. The van der Waals surface area contributed by atoms with E-state index in [0.717, 1.165) is 31.6 Å². The number of rotatable bonds is 4. The fourth-order valence-electron chi connectivity index (χ4n) is 2.91. The second kappa shape index (κ2) is 6.26. The Bertz CT molecular complexity index is 512. The largest absolute Gasteiger partial charge is 0.381 e. The van der Waals surface area contributed by atoms with E-state index in [0.29, 0.717) is 12.5 Å². The monoisotopic (exact) mass is 288 g/mol. The zero-order chi connectivity index (χ0) is 14.7. The minimum atomic E-state index is -0.549. The molecule has 1 aromatic rings. The highest BCUT2D eigenvalue weighted by Gasteiger charge is 2.33. The first-order chi connectivity index (χ1) is 10.2. The number of ether oxygens (including phenoxy) is 1. The van der Waals surface area contributed by atoms with Crippen LogP contribution in [-0.2, 0) is 14.3 Å². The summed E-state index contributed by atoms with van der Waals surface area (Å²) in [5.41, 5.74) is 0.838. The van der Waals surface area contributed by atoms with Crippen LogP contribution in [0.1, 0.15) is 24.4 Å². The van der Waals surface area contributed by atoms with Crippen LogP contribution >= 0.6 is 0 Å². The van der Waals surface area contributed by atoms with Gasteiger partial charge in [-0.15, -0.1) is 0 Å². The van der Waals surface area contributed by atoms with Crippen molar-refractivity contribution in [2.75, 3.05) is 26.3 Å². The third-order valence-electron chi connectivity index (χ3n) is 4.16. The molecule has 2 fully saturated rings. The topological polar surface area (TPSA) is 58.6 Å². The van der Waals surface area contributed by atoms with Gasteiger partial charge in [0.05, 0.1) is 6.54 Å². The van der Waals surface area contributed by atoms with Crippen molar-refractivity contribution in [1.29, 1.82) is 0 Å². The molecule has 0 radical (unpaired) electrons. The van der Waals surface area contributed by atoms with Gasteiger partial charge in [0.2, 0.25) is 11.8 Å². The van der Waals surface area contributed by atoms with Gasteiger partial charge >= 0.3 is 0 Å². The molecule has 2 aliphatic heterocycles. The van der Waals surface area contributed by atoms with E-state index in [4.69, 9.17) is 4.74 Å². The van der Waals surface area contributed by atoms with Gasteiger partial charge in [0.25, 0.3) is 0 Å². The lowest BCUT2D eigenvalue weighted by Gasteiger charge is -2.33. The number of benzene rings is 1. The lowest BCUT2D eigenvalue weighted by atomic mass is 10.0. The van der Waals surface area contributed by atoms with Crippen LogP contribution in [0.5, 0.6) is 0 Å². The molecule has 0 saturated carbocycles. The molecule has 3 rings (SSSR count). The van der Waals surface area contributed by atoms with Crippen molar-refractivity contribution in [2.24, 2.45) is 5.92 Å². The first-order valence-electron chi connectivity index (χ1n) is 7.45. The van der Waals surface area contributed by atoms with Crippen LogP contribution in [-0.4, -0.2) is 43.0 Å². The smallest absolute Gasteiger partial charge is 0.250 e. The standard InChI is InChI=1S/C16H20N2O3/c19-14-10-18(8-6-12-7-9-21-11-12)16(20)15(17-14)13-4-2-1-3-5-13/h1-5,12,15H,6-11H2,(H,17,19). The van der Waals surface area contributed by atoms with Crippen molar-refractivity contribution in [1.82, 2.24) is 10.2 Å². The first kappa shape index (κ1) is 14.1. The summed E-state index contributed by atoms with van der Waals surface area (Å²) in [6.45, 7) is 2.38. The van der Waals surface area contributed by atoms with Gasteiger partial charge in [0.15, 0.2) is 0 Å². The van der Waals surface area contributed by atoms with E-state index in [2.05, 4.69) is 5.32 Å². The Hall–Kier alpha value is -1.88. The fourth-order valence-corrected chi connectivity index (χ4v) is 2.91. The van der Waals surface area contributed by atoms with E-state index in [1.165, 1.54) is 0 Å². The zero-order valence-electron chi connectivity index (χ0n) is 12.0. The number of carbonyl (C=O) groups excluding carboxylic acids is 2. The number of hydrogen-bond donors (Lipinski definition) is 1. The summed E-state index contributed by atoms with van der Waals surface area (Å²) in [4.78, 5) is 26.1. The average molecular weight is 288 g/mol. The molecule has 0 bridgehead atoms. The first-order valence-corrected chi connectivity index (χ1v) is 7.45. The number of amides is 2. The Balaban J connectivity index is 1.66. The second-order valence-electron chi connectivity index (χ2n) is 5.69. The molecule has 0 aliphatic carbocycles. The van der Waals surface area contributed by atoms with Gasteiger partial charge in [-0.3, -0.25) is 9.59 Å². The van der Waals surface area contributed by atoms with Crippen LogP contribution in [0.15, 0.2) is 30.3 Å². The highest BCUT2D eigenvalue weighted by Crippen LogP contribution is 2.21. The molecule has 2 unspecified atom stereocenters. The van der Waals surface area contributed by atoms with Crippen molar-refractivity contribution in [2.45, 2.75) is 18.9 Å². The van der Waals surface area contributed by atoms with E-state index in [-0.39, 0.29) is 18.4 Å². The normalized spacial score (nSPS) is 26.0. The second-order valence-corrected chi connectivity index (χ2v) is 5.69. The Kier molecular flexibility index (Phi) is 4.20. The molecular weight excluding hydrogens is 268 g/mol. The van der Waals surface area contributed by atoms with Crippen molar-refractivity contribution >= 4 is 11.8 Å². The van der Waals surface area contributed by atoms with E-state index in [1.54, 1.807) is 4.90 Å². The van der Waals surface area contributed by atoms with Crippen molar-refractivity contribution < 1.29 is 14.3 Å². The average Bonchev–Trinajstić information content (AvgIpc) is 3.02. The van der Waals surface area contributed by atoms with Crippen LogP contribution in [0.3, 0.4) is 0 Å². The molecule has 2 heterocycles. The van der Waals surface area contributed by atoms with Crippen LogP contribution in [0.25, 0.3) is 0 Å². The van der Waals surface area contributed by atoms with Crippen molar-refractivity contribution in [3.63, 3.8) is 0 Å². The van der Waals surface area contributed by atoms with Crippen LogP contribution < -0.4 is 5.32 Å². The van der Waals surface area contributed by atoms with Crippen LogP contribution in [0.2, 0.25) is 0 Å². The maximum atomic E-state index is 12.6. The Labute approximate surface area is 124 Å². The molecular formula is C16H20N2O3. The fraction of sp³-hybridized carbons (Fsp3) is 0.500. The van der Waals surface area contributed by atoms with E-state index >= 15 is 0 Å². The lowest BCUT2D eigenvalue weighted by molar-refractivity contribution is -0.144. The maximum Gasteiger partial charge on any atom is 0.250 e. The molecule has 2 aliphatic rings. The zero-order valence-corrected chi connectivity index (χ0v) is 12.0.